The second kappa shape index (κ2) is 6.93. The van der Waals surface area contributed by atoms with Crippen molar-refractivity contribution in [3.05, 3.63) is 0 Å². The third-order valence-electron chi connectivity index (χ3n) is 5.74. The van der Waals surface area contributed by atoms with Crippen LogP contribution in [0.15, 0.2) is 0 Å². The van der Waals surface area contributed by atoms with E-state index in [2.05, 4.69) is 26.1 Å². The molecule has 0 aromatic carbocycles. The zero-order valence-corrected chi connectivity index (χ0v) is 12.8. The van der Waals surface area contributed by atoms with Crippen LogP contribution >= 0.6 is 0 Å². The molecule has 5 atom stereocenters. The Morgan fingerprint density at radius 2 is 1.61 bits per heavy atom. The Kier molecular flexibility index (Phi) is 5.54. The van der Waals surface area contributed by atoms with Gasteiger partial charge in [-0.3, -0.25) is 0 Å². The average Bonchev–Trinajstić information content (AvgIpc) is 2.59. The second-order valence-corrected chi connectivity index (χ2v) is 7.11. The fraction of sp³-hybridized carbons (Fsp3) is 1.00. The van der Waals surface area contributed by atoms with Crippen molar-refractivity contribution in [1.29, 1.82) is 0 Å². The minimum absolute atomic E-state index is 0.819. The van der Waals surface area contributed by atoms with Crippen molar-refractivity contribution in [3.63, 3.8) is 0 Å². The molecule has 2 rings (SSSR count). The number of hydrogen-bond acceptors (Lipinski definition) is 1. The van der Waals surface area contributed by atoms with Gasteiger partial charge in [-0.1, -0.05) is 40.0 Å². The van der Waals surface area contributed by atoms with E-state index < -0.39 is 0 Å². The number of nitrogens with one attached hydrogen (secondary N) is 1. The van der Waals surface area contributed by atoms with Gasteiger partial charge in [0, 0.05) is 12.1 Å². The van der Waals surface area contributed by atoms with Crippen LogP contribution in [-0.4, -0.2) is 12.1 Å². The fourth-order valence-corrected chi connectivity index (χ4v) is 3.99. The molecule has 0 spiro atoms. The minimum atomic E-state index is 0.819. The first kappa shape index (κ1) is 14.4. The van der Waals surface area contributed by atoms with Crippen LogP contribution in [0.1, 0.15) is 78.6 Å². The highest BCUT2D eigenvalue weighted by Crippen LogP contribution is 2.31. The van der Waals surface area contributed by atoms with Gasteiger partial charge in [0.25, 0.3) is 0 Å². The topological polar surface area (TPSA) is 12.0 Å². The van der Waals surface area contributed by atoms with Crippen LogP contribution < -0.4 is 5.32 Å². The van der Waals surface area contributed by atoms with Crippen LogP contribution in [0.2, 0.25) is 0 Å². The Bertz CT molecular complexity index is 238. The average molecular weight is 251 g/mol. The van der Waals surface area contributed by atoms with Crippen molar-refractivity contribution in [2.75, 3.05) is 0 Å². The Labute approximate surface area is 114 Å². The molecule has 2 saturated carbocycles. The van der Waals surface area contributed by atoms with Crippen LogP contribution in [0.5, 0.6) is 0 Å². The number of hydrogen-bond donors (Lipinski definition) is 1. The van der Waals surface area contributed by atoms with E-state index in [1.807, 2.05) is 0 Å². The molecule has 18 heavy (non-hydrogen) atoms. The van der Waals surface area contributed by atoms with E-state index in [4.69, 9.17) is 0 Å². The first-order chi connectivity index (χ1) is 8.69. The monoisotopic (exact) mass is 251 g/mol. The van der Waals surface area contributed by atoms with Gasteiger partial charge in [-0.25, -0.2) is 0 Å². The molecule has 0 heterocycles. The van der Waals surface area contributed by atoms with Crippen LogP contribution in [-0.2, 0) is 0 Å². The Hall–Kier alpha value is -0.0400. The third kappa shape index (κ3) is 3.98. The maximum absolute atomic E-state index is 3.99. The summed E-state index contributed by atoms with van der Waals surface area (Å²) in [7, 11) is 0. The lowest BCUT2D eigenvalue weighted by atomic mass is 9.79. The van der Waals surface area contributed by atoms with Crippen molar-refractivity contribution in [2.45, 2.75) is 90.6 Å². The molecule has 106 valence electrons. The number of rotatable bonds is 3. The van der Waals surface area contributed by atoms with Crippen LogP contribution in [0.25, 0.3) is 0 Å². The fourth-order valence-electron chi connectivity index (χ4n) is 3.99. The molecule has 2 aliphatic rings. The van der Waals surface area contributed by atoms with Gasteiger partial charge in [-0.2, -0.15) is 0 Å². The molecule has 0 aliphatic heterocycles. The van der Waals surface area contributed by atoms with Crippen molar-refractivity contribution < 1.29 is 0 Å². The zero-order chi connectivity index (χ0) is 13.0. The van der Waals surface area contributed by atoms with Crippen molar-refractivity contribution in [2.24, 2.45) is 17.8 Å². The molecular weight excluding hydrogens is 218 g/mol. The molecule has 0 aromatic rings. The molecule has 0 bridgehead atoms. The molecular formula is C17H33N. The van der Waals surface area contributed by atoms with E-state index in [0.717, 1.165) is 29.8 Å². The van der Waals surface area contributed by atoms with Crippen LogP contribution in [0.3, 0.4) is 0 Å². The van der Waals surface area contributed by atoms with Crippen molar-refractivity contribution in [3.8, 4) is 0 Å². The summed E-state index contributed by atoms with van der Waals surface area (Å²) in [6.45, 7) is 7.24. The summed E-state index contributed by atoms with van der Waals surface area (Å²) >= 11 is 0. The maximum Gasteiger partial charge on any atom is 0.00723 e. The molecule has 0 amide bonds. The Balaban J connectivity index is 1.75. The molecule has 1 N–H and O–H groups in total. The standard InChI is InChI=1S/C17H33N/c1-4-15-6-5-7-16(11-9-15)18-17-10-8-13(2)14(3)12-17/h13-18H,4-12H2,1-3H3. The van der Waals surface area contributed by atoms with E-state index in [9.17, 15) is 0 Å². The normalized spacial score (nSPS) is 42.5. The Morgan fingerprint density at radius 3 is 2.33 bits per heavy atom. The maximum atomic E-state index is 3.99. The van der Waals surface area contributed by atoms with Gasteiger partial charge in [0.2, 0.25) is 0 Å². The smallest absolute Gasteiger partial charge is 0.00723 e. The van der Waals surface area contributed by atoms with E-state index in [1.165, 1.54) is 57.8 Å². The molecule has 0 aromatic heterocycles. The molecule has 1 nitrogen and oxygen atoms in total. The molecule has 2 fully saturated rings. The van der Waals surface area contributed by atoms with Gasteiger partial charge in [-0.15, -0.1) is 0 Å². The first-order valence-corrected chi connectivity index (χ1v) is 8.45. The van der Waals surface area contributed by atoms with Gasteiger partial charge in [0.1, 0.15) is 0 Å². The SMILES string of the molecule is CCC1CCCC(NC2CCC(C)C(C)C2)CC1. The molecule has 2 aliphatic carbocycles. The minimum Gasteiger partial charge on any atom is -0.311 e. The van der Waals surface area contributed by atoms with Crippen molar-refractivity contribution >= 4 is 0 Å². The summed E-state index contributed by atoms with van der Waals surface area (Å²) in [6, 6.07) is 1.64. The van der Waals surface area contributed by atoms with Crippen molar-refractivity contribution in [1.82, 2.24) is 5.32 Å². The van der Waals surface area contributed by atoms with Gasteiger partial charge in [0.05, 0.1) is 0 Å². The van der Waals surface area contributed by atoms with Gasteiger partial charge < -0.3 is 5.32 Å². The molecule has 1 heteroatoms. The van der Waals surface area contributed by atoms with Crippen LogP contribution in [0, 0.1) is 17.8 Å². The lowest BCUT2D eigenvalue weighted by Gasteiger charge is -2.35. The third-order valence-corrected chi connectivity index (χ3v) is 5.74. The largest absolute Gasteiger partial charge is 0.311 e. The van der Waals surface area contributed by atoms with Gasteiger partial charge in [-0.05, 0) is 56.3 Å². The quantitative estimate of drug-likeness (QED) is 0.713. The zero-order valence-electron chi connectivity index (χ0n) is 12.8. The predicted molar refractivity (Wildman–Crippen MR) is 79.8 cm³/mol. The van der Waals surface area contributed by atoms with E-state index >= 15 is 0 Å². The van der Waals surface area contributed by atoms with E-state index in [0.29, 0.717) is 0 Å². The van der Waals surface area contributed by atoms with E-state index in [1.54, 1.807) is 0 Å². The lowest BCUT2D eigenvalue weighted by molar-refractivity contribution is 0.210. The van der Waals surface area contributed by atoms with Crippen LogP contribution in [0.4, 0.5) is 0 Å². The molecule has 0 radical (unpaired) electrons. The predicted octanol–water partition coefficient (Wildman–Crippen LogP) is 4.76. The first-order valence-electron chi connectivity index (χ1n) is 8.45. The van der Waals surface area contributed by atoms with Gasteiger partial charge >= 0.3 is 0 Å². The summed E-state index contributed by atoms with van der Waals surface area (Å²) < 4.78 is 0. The van der Waals surface area contributed by atoms with E-state index in [-0.39, 0.29) is 0 Å². The lowest BCUT2D eigenvalue weighted by Crippen LogP contribution is -2.42. The Morgan fingerprint density at radius 1 is 0.833 bits per heavy atom. The highest BCUT2D eigenvalue weighted by atomic mass is 15.0. The summed E-state index contributed by atoms with van der Waals surface area (Å²) in [5, 5.41) is 3.99. The highest BCUT2D eigenvalue weighted by Gasteiger charge is 2.26. The summed E-state index contributed by atoms with van der Waals surface area (Å²) in [5.41, 5.74) is 0. The molecule has 5 unspecified atom stereocenters. The van der Waals surface area contributed by atoms with Gasteiger partial charge in [0.15, 0.2) is 0 Å². The summed E-state index contributed by atoms with van der Waals surface area (Å²) in [6.07, 6.45) is 12.9. The molecule has 0 saturated heterocycles. The highest BCUT2D eigenvalue weighted by molar-refractivity contribution is 4.84. The second-order valence-electron chi connectivity index (χ2n) is 7.11. The summed E-state index contributed by atoms with van der Waals surface area (Å²) in [5.74, 6) is 2.88. The summed E-state index contributed by atoms with van der Waals surface area (Å²) in [4.78, 5) is 0.